The number of rotatable bonds is 4. The van der Waals surface area contributed by atoms with E-state index in [9.17, 15) is 0 Å². The van der Waals surface area contributed by atoms with Crippen LogP contribution >= 0.6 is 23.2 Å². The Morgan fingerprint density at radius 3 is 2.48 bits per heavy atom. The lowest BCUT2D eigenvalue weighted by molar-refractivity contribution is -0.0189. The minimum atomic E-state index is -0.394. The van der Waals surface area contributed by atoms with Gasteiger partial charge in [0.1, 0.15) is 5.75 Å². The number of hydrogen-bond acceptors (Lipinski definition) is 5. The lowest BCUT2D eigenvalue weighted by atomic mass is 9.95. The molecule has 0 fully saturated rings. The SMILES string of the molecule is COc1ccc(C2=NN3[C@@H](C2)c2cc(Cl)cc(Cl)c2O[C@H]3c2ccccc2)cc1OC. The molecule has 5 nitrogen and oxygen atoms in total. The number of hydrogen-bond donors (Lipinski definition) is 0. The molecule has 5 rings (SSSR count). The standard InChI is InChI=1S/C24H20Cl2N2O3/c1-29-21-9-8-15(10-22(21)30-2)19-13-20-17-11-16(25)12-18(26)23(17)31-24(28(20)27-19)14-6-4-3-5-7-14/h3-12,20,24H,13H2,1-2H3/t20-,24-/m0/s1. The second kappa shape index (κ2) is 7.98. The highest BCUT2D eigenvalue weighted by Crippen LogP contribution is 2.51. The van der Waals surface area contributed by atoms with E-state index in [-0.39, 0.29) is 6.04 Å². The topological polar surface area (TPSA) is 43.3 Å². The minimum Gasteiger partial charge on any atom is -0.493 e. The quantitative estimate of drug-likeness (QED) is 0.466. The Balaban J connectivity index is 1.61. The maximum atomic E-state index is 6.52. The summed E-state index contributed by atoms with van der Waals surface area (Å²) in [7, 11) is 3.25. The molecule has 2 aliphatic heterocycles. The molecule has 158 valence electrons. The monoisotopic (exact) mass is 454 g/mol. The highest BCUT2D eigenvalue weighted by atomic mass is 35.5. The van der Waals surface area contributed by atoms with E-state index in [1.54, 1.807) is 20.3 Å². The van der Waals surface area contributed by atoms with Gasteiger partial charge in [-0.1, -0.05) is 53.5 Å². The van der Waals surface area contributed by atoms with Crippen molar-refractivity contribution < 1.29 is 14.2 Å². The van der Waals surface area contributed by atoms with Gasteiger partial charge in [-0.2, -0.15) is 5.10 Å². The van der Waals surface area contributed by atoms with Crippen molar-refractivity contribution in [2.24, 2.45) is 5.10 Å². The van der Waals surface area contributed by atoms with Gasteiger partial charge in [-0.15, -0.1) is 0 Å². The van der Waals surface area contributed by atoms with Gasteiger partial charge in [0.25, 0.3) is 0 Å². The van der Waals surface area contributed by atoms with Gasteiger partial charge in [-0.25, -0.2) is 5.01 Å². The van der Waals surface area contributed by atoms with Gasteiger partial charge in [0.2, 0.25) is 6.23 Å². The highest BCUT2D eigenvalue weighted by molar-refractivity contribution is 6.35. The van der Waals surface area contributed by atoms with E-state index >= 15 is 0 Å². The van der Waals surface area contributed by atoms with Crippen LogP contribution in [0.2, 0.25) is 10.0 Å². The Kier molecular flexibility index (Phi) is 5.16. The zero-order chi connectivity index (χ0) is 21.5. The molecule has 2 aliphatic rings. The van der Waals surface area contributed by atoms with Gasteiger partial charge < -0.3 is 14.2 Å². The molecule has 0 unspecified atom stereocenters. The fraction of sp³-hybridized carbons (Fsp3) is 0.208. The van der Waals surface area contributed by atoms with Crippen molar-refractivity contribution in [3.8, 4) is 17.2 Å². The van der Waals surface area contributed by atoms with Gasteiger partial charge >= 0.3 is 0 Å². The number of fused-ring (bicyclic) bond motifs is 3. The summed E-state index contributed by atoms with van der Waals surface area (Å²) in [5.74, 6) is 2.00. The Morgan fingerprint density at radius 2 is 1.74 bits per heavy atom. The molecule has 0 aromatic heterocycles. The third-order valence-electron chi connectivity index (χ3n) is 5.61. The van der Waals surface area contributed by atoms with Crippen molar-refractivity contribution in [2.45, 2.75) is 18.7 Å². The number of hydrazone groups is 1. The summed E-state index contributed by atoms with van der Waals surface area (Å²) >= 11 is 12.8. The Hall–Kier alpha value is -2.89. The molecular formula is C24H20Cl2N2O3. The molecule has 0 saturated carbocycles. The summed E-state index contributed by atoms with van der Waals surface area (Å²) in [4.78, 5) is 0. The third kappa shape index (κ3) is 3.48. The molecule has 0 aliphatic carbocycles. The number of ether oxygens (including phenoxy) is 3. The molecule has 2 atom stereocenters. The maximum Gasteiger partial charge on any atom is 0.213 e. The second-order valence-electron chi connectivity index (χ2n) is 7.40. The molecule has 0 saturated heterocycles. The van der Waals surface area contributed by atoms with Crippen molar-refractivity contribution in [2.75, 3.05) is 14.2 Å². The molecule has 0 radical (unpaired) electrons. The van der Waals surface area contributed by atoms with Gasteiger partial charge in [0.15, 0.2) is 11.5 Å². The van der Waals surface area contributed by atoms with Crippen molar-refractivity contribution in [1.29, 1.82) is 0 Å². The molecule has 0 amide bonds. The molecule has 3 aromatic rings. The Labute approximate surface area is 190 Å². The molecular weight excluding hydrogens is 435 g/mol. The van der Waals surface area contributed by atoms with E-state index in [2.05, 4.69) is 0 Å². The average Bonchev–Trinajstić information content (AvgIpc) is 3.24. The van der Waals surface area contributed by atoms with Gasteiger partial charge in [0, 0.05) is 28.1 Å². The lowest BCUT2D eigenvalue weighted by Crippen LogP contribution is -2.33. The molecule has 31 heavy (non-hydrogen) atoms. The highest BCUT2D eigenvalue weighted by Gasteiger charge is 2.42. The van der Waals surface area contributed by atoms with Crippen LogP contribution in [0.15, 0.2) is 65.8 Å². The van der Waals surface area contributed by atoms with Gasteiger partial charge in [0.05, 0.1) is 31.0 Å². The Bertz CT molecular complexity index is 1170. The molecule has 0 spiro atoms. The number of halogens is 2. The van der Waals surface area contributed by atoms with E-state index in [1.165, 1.54) is 0 Å². The van der Waals surface area contributed by atoms with Gasteiger partial charge in [-0.05, 0) is 30.3 Å². The zero-order valence-electron chi connectivity index (χ0n) is 17.0. The van der Waals surface area contributed by atoms with Crippen molar-refractivity contribution >= 4 is 28.9 Å². The summed E-state index contributed by atoms with van der Waals surface area (Å²) in [6.45, 7) is 0. The molecule has 2 heterocycles. The lowest BCUT2D eigenvalue weighted by Gasteiger charge is -2.38. The number of nitrogens with zero attached hydrogens (tertiary/aromatic N) is 2. The number of methoxy groups -OCH3 is 2. The summed E-state index contributed by atoms with van der Waals surface area (Å²) in [6, 6.07) is 19.4. The first-order valence-corrected chi connectivity index (χ1v) is 10.6. The molecule has 7 heteroatoms. The maximum absolute atomic E-state index is 6.52. The van der Waals surface area contributed by atoms with E-state index in [0.717, 1.165) is 22.4 Å². The van der Waals surface area contributed by atoms with Crippen molar-refractivity contribution in [3.63, 3.8) is 0 Å². The summed E-state index contributed by atoms with van der Waals surface area (Å²) in [5.41, 5.74) is 3.83. The molecule has 0 N–H and O–H groups in total. The van der Waals surface area contributed by atoms with E-state index in [0.29, 0.717) is 33.7 Å². The van der Waals surface area contributed by atoms with Crippen molar-refractivity contribution in [1.82, 2.24) is 5.01 Å². The smallest absolute Gasteiger partial charge is 0.213 e. The first-order valence-electron chi connectivity index (χ1n) is 9.88. The summed E-state index contributed by atoms with van der Waals surface area (Å²) in [6.07, 6.45) is 0.293. The van der Waals surface area contributed by atoms with Crippen LogP contribution in [0.4, 0.5) is 0 Å². The summed E-state index contributed by atoms with van der Waals surface area (Å²) < 4.78 is 17.2. The fourth-order valence-electron chi connectivity index (χ4n) is 4.14. The Morgan fingerprint density at radius 1 is 0.968 bits per heavy atom. The van der Waals surface area contributed by atoms with Crippen molar-refractivity contribution in [3.05, 3.63) is 87.4 Å². The summed E-state index contributed by atoms with van der Waals surface area (Å²) in [5, 5.41) is 8.04. The number of benzene rings is 3. The van der Waals surface area contributed by atoms with Crippen LogP contribution < -0.4 is 14.2 Å². The average molecular weight is 455 g/mol. The zero-order valence-corrected chi connectivity index (χ0v) is 18.5. The molecule has 3 aromatic carbocycles. The van der Waals surface area contributed by atoms with E-state index < -0.39 is 6.23 Å². The van der Waals surface area contributed by atoms with Crippen LogP contribution in [0, 0.1) is 0 Å². The van der Waals surface area contributed by atoms with Crippen LogP contribution in [0.1, 0.15) is 35.4 Å². The van der Waals surface area contributed by atoms with E-state index in [4.69, 9.17) is 42.5 Å². The largest absolute Gasteiger partial charge is 0.493 e. The fourth-order valence-corrected chi connectivity index (χ4v) is 4.70. The van der Waals surface area contributed by atoms with Crippen LogP contribution in [0.25, 0.3) is 0 Å². The first-order chi connectivity index (χ1) is 15.1. The first kappa shape index (κ1) is 20.0. The third-order valence-corrected chi connectivity index (χ3v) is 6.11. The van der Waals surface area contributed by atoms with Crippen LogP contribution in [0.3, 0.4) is 0 Å². The minimum absolute atomic E-state index is 0.0479. The predicted octanol–water partition coefficient (Wildman–Crippen LogP) is 6.25. The normalized spacial score (nSPS) is 19.2. The predicted molar refractivity (Wildman–Crippen MR) is 122 cm³/mol. The van der Waals surface area contributed by atoms with Crippen LogP contribution in [-0.4, -0.2) is 24.9 Å². The second-order valence-corrected chi connectivity index (χ2v) is 8.25. The van der Waals surface area contributed by atoms with Crippen LogP contribution in [-0.2, 0) is 0 Å². The van der Waals surface area contributed by atoms with Crippen LogP contribution in [0.5, 0.6) is 17.2 Å². The van der Waals surface area contributed by atoms with Gasteiger partial charge in [-0.3, -0.25) is 0 Å². The molecule has 0 bridgehead atoms. The van der Waals surface area contributed by atoms with E-state index in [1.807, 2.05) is 59.6 Å².